The fraction of sp³-hybridized carbons (Fsp3) is 0.143. The van der Waals surface area contributed by atoms with Crippen molar-refractivity contribution in [3.8, 4) is 5.75 Å². The van der Waals surface area contributed by atoms with Crippen LogP contribution in [0.15, 0.2) is 36.7 Å². The number of ether oxygens (including phenoxy) is 1. The molecule has 5 nitrogen and oxygen atoms in total. The lowest BCUT2D eigenvalue weighted by Crippen LogP contribution is -2.00. The molecule has 0 amide bonds. The largest absolute Gasteiger partial charge is 0.495 e. The van der Waals surface area contributed by atoms with Crippen LogP contribution in [0.3, 0.4) is 0 Å². The second-order valence-corrected chi connectivity index (χ2v) is 4.76. The standard InChI is InChI=1S/C14H13ClN4O/c1-20-13-4-9(2-3-12(13)15)6-16-11-5-10-7-18-19-14(10)17-8-11/h2-5,7-8,16H,6H2,1H3,(H,17,18,19). The minimum atomic E-state index is 0.609. The van der Waals surface area contributed by atoms with Crippen molar-refractivity contribution in [3.05, 3.63) is 47.2 Å². The number of benzene rings is 1. The second-order valence-electron chi connectivity index (χ2n) is 4.35. The van der Waals surface area contributed by atoms with Gasteiger partial charge in [0, 0.05) is 11.9 Å². The average Bonchev–Trinajstić information content (AvgIpc) is 2.94. The zero-order valence-corrected chi connectivity index (χ0v) is 11.6. The van der Waals surface area contributed by atoms with Crippen molar-refractivity contribution in [2.45, 2.75) is 6.54 Å². The van der Waals surface area contributed by atoms with Crippen LogP contribution in [-0.2, 0) is 6.54 Å². The van der Waals surface area contributed by atoms with Crippen molar-refractivity contribution < 1.29 is 4.74 Å². The first-order valence-corrected chi connectivity index (χ1v) is 6.49. The van der Waals surface area contributed by atoms with Crippen LogP contribution >= 0.6 is 11.6 Å². The van der Waals surface area contributed by atoms with Crippen LogP contribution in [-0.4, -0.2) is 22.3 Å². The van der Waals surface area contributed by atoms with Crippen LogP contribution in [0.4, 0.5) is 5.69 Å². The van der Waals surface area contributed by atoms with Gasteiger partial charge >= 0.3 is 0 Å². The van der Waals surface area contributed by atoms with Crippen LogP contribution in [0.25, 0.3) is 11.0 Å². The highest BCUT2D eigenvalue weighted by atomic mass is 35.5. The number of aromatic amines is 1. The molecule has 0 unspecified atom stereocenters. The molecule has 0 aliphatic rings. The average molecular weight is 289 g/mol. The summed E-state index contributed by atoms with van der Waals surface area (Å²) in [6.07, 6.45) is 3.52. The summed E-state index contributed by atoms with van der Waals surface area (Å²) >= 11 is 6.00. The zero-order valence-electron chi connectivity index (χ0n) is 10.9. The van der Waals surface area contributed by atoms with E-state index in [0.717, 1.165) is 22.3 Å². The number of nitrogens with one attached hydrogen (secondary N) is 2. The van der Waals surface area contributed by atoms with Gasteiger partial charge in [-0.1, -0.05) is 17.7 Å². The van der Waals surface area contributed by atoms with Gasteiger partial charge in [-0.05, 0) is 23.8 Å². The quantitative estimate of drug-likeness (QED) is 0.774. The molecular formula is C14H13ClN4O. The highest BCUT2D eigenvalue weighted by Crippen LogP contribution is 2.25. The highest BCUT2D eigenvalue weighted by Gasteiger charge is 2.03. The maximum atomic E-state index is 6.00. The lowest BCUT2D eigenvalue weighted by Gasteiger charge is -2.09. The van der Waals surface area contributed by atoms with Crippen LogP contribution < -0.4 is 10.1 Å². The van der Waals surface area contributed by atoms with E-state index in [0.29, 0.717) is 17.3 Å². The molecular weight excluding hydrogens is 276 g/mol. The maximum absolute atomic E-state index is 6.00. The van der Waals surface area contributed by atoms with E-state index >= 15 is 0 Å². The smallest absolute Gasteiger partial charge is 0.155 e. The molecule has 102 valence electrons. The molecule has 3 aromatic rings. The predicted molar refractivity (Wildman–Crippen MR) is 79.2 cm³/mol. The van der Waals surface area contributed by atoms with E-state index in [1.165, 1.54) is 0 Å². The van der Waals surface area contributed by atoms with Crippen molar-refractivity contribution in [1.29, 1.82) is 0 Å². The predicted octanol–water partition coefficient (Wildman–Crippen LogP) is 3.23. The number of fused-ring (bicyclic) bond motifs is 1. The van der Waals surface area contributed by atoms with E-state index in [2.05, 4.69) is 20.5 Å². The van der Waals surface area contributed by atoms with Crippen molar-refractivity contribution >= 4 is 28.3 Å². The third-order valence-electron chi connectivity index (χ3n) is 3.00. The molecule has 3 rings (SSSR count). The highest BCUT2D eigenvalue weighted by molar-refractivity contribution is 6.32. The Morgan fingerprint density at radius 1 is 1.30 bits per heavy atom. The molecule has 20 heavy (non-hydrogen) atoms. The topological polar surface area (TPSA) is 62.8 Å². The van der Waals surface area contributed by atoms with Gasteiger partial charge in [-0.2, -0.15) is 5.10 Å². The number of pyridine rings is 1. The van der Waals surface area contributed by atoms with Gasteiger partial charge in [0.2, 0.25) is 0 Å². The molecule has 0 saturated carbocycles. The number of methoxy groups -OCH3 is 1. The third kappa shape index (κ3) is 2.53. The summed E-state index contributed by atoms with van der Waals surface area (Å²) in [7, 11) is 1.61. The zero-order chi connectivity index (χ0) is 13.9. The Morgan fingerprint density at radius 2 is 2.20 bits per heavy atom. The molecule has 2 heterocycles. The molecule has 0 fully saturated rings. The van der Waals surface area contributed by atoms with Gasteiger partial charge in [0.1, 0.15) is 5.75 Å². The van der Waals surface area contributed by atoms with Crippen LogP contribution in [0, 0.1) is 0 Å². The number of anilines is 1. The van der Waals surface area contributed by atoms with Crippen molar-refractivity contribution in [2.24, 2.45) is 0 Å². The van der Waals surface area contributed by atoms with Crippen LogP contribution in [0.1, 0.15) is 5.56 Å². The Hall–Kier alpha value is -2.27. The van der Waals surface area contributed by atoms with E-state index in [-0.39, 0.29) is 0 Å². The molecule has 0 spiro atoms. The number of rotatable bonds is 4. The molecule has 0 aliphatic heterocycles. The molecule has 0 saturated heterocycles. The summed E-state index contributed by atoms with van der Waals surface area (Å²) in [4.78, 5) is 4.27. The van der Waals surface area contributed by atoms with Crippen LogP contribution in [0.2, 0.25) is 5.02 Å². The molecule has 2 N–H and O–H groups in total. The summed E-state index contributed by atoms with van der Waals surface area (Å²) in [6.45, 7) is 0.665. The Kier molecular flexibility index (Phi) is 3.43. The van der Waals surface area contributed by atoms with E-state index in [1.807, 2.05) is 24.3 Å². The Bertz CT molecular complexity index is 741. The van der Waals surface area contributed by atoms with Gasteiger partial charge in [0.15, 0.2) is 5.65 Å². The summed E-state index contributed by atoms with van der Waals surface area (Å²) in [5.74, 6) is 0.675. The first-order chi connectivity index (χ1) is 9.76. The van der Waals surface area contributed by atoms with E-state index in [9.17, 15) is 0 Å². The molecule has 0 aliphatic carbocycles. The number of aromatic nitrogens is 3. The number of hydrogen-bond acceptors (Lipinski definition) is 4. The van der Waals surface area contributed by atoms with Gasteiger partial charge in [-0.3, -0.25) is 5.10 Å². The summed E-state index contributed by atoms with van der Waals surface area (Å²) in [5, 5.41) is 11.7. The van der Waals surface area contributed by atoms with E-state index in [1.54, 1.807) is 19.5 Å². The van der Waals surface area contributed by atoms with Crippen molar-refractivity contribution in [2.75, 3.05) is 12.4 Å². The first-order valence-electron chi connectivity index (χ1n) is 6.11. The maximum Gasteiger partial charge on any atom is 0.155 e. The fourth-order valence-corrected chi connectivity index (χ4v) is 2.15. The fourth-order valence-electron chi connectivity index (χ4n) is 1.95. The van der Waals surface area contributed by atoms with Gasteiger partial charge in [-0.15, -0.1) is 0 Å². The summed E-state index contributed by atoms with van der Waals surface area (Å²) < 4.78 is 5.20. The van der Waals surface area contributed by atoms with E-state index < -0.39 is 0 Å². The second kappa shape index (κ2) is 5.38. The summed E-state index contributed by atoms with van der Waals surface area (Å²) in [6, 6.07) is 7.70. The van der Waals surface area contributed by atoms with Gasteiger partial charge in [-0.25, -0.2) is 4.98 Å². The SMILES string of the molecule is COc1cc(CNc2cnc3[nH]ncc3c2)ccc1Cl. The van der Waals surface area contributed by atoms with Gasteiger partial charge < -0.3 is 10.1 Å². The minimum absolute atomic E-state index is 0.609. The lowest BCUT2D eigenvalue weighted by atomic mass is 10.2. The van der Waals surface area contributed by atoms with Gasteiger partial charge in [0.25, 0.3) is 0 Å². The number of halogens is 1. The Balaban J connectivity index is 1.75. The lowest BCUT2D eigenvalue weighted by molar-refractivity contribution is 0.414. The van der Waals surface area contributed by atoms with Crippen molar-refractivity contribution in [1.82, 2.24) is 15.2 Å². The first kappa shape index (κ1) is 12.7. The Morgan fingerprint density at radius 3 is 3.05 bits per heavy atom. The van der Waals surface area contributed by atoms with E-state index in [4.69, 9.17) is 16.3 Å². The summed E-state index contributed by atoms with van der Waals surface area (Å²) in [5.41, 5.74) is 2.80. The molecule has 0 atom stereocenters. The number of nitrogens with zero attached hydrogens (tertiary/aromatic N) is 2. The molecule has 0 bridgehead atoms. The minimum Gasteiger partial charge on any atom is -0.495 e. The number of H-pyrrole nitrogens is 1. The molecule has 0 radical (unpaired) electrons. The molecule has 1 aromatic carbocycles. The van der Waals surface area contributed by atoms with Crippen molar-refractivity contribution in [3.63, 3.8) is 0 Å². The van der Waals surface area contributed by atoms with Gasteiger partial charge in [0.05, 0.1) is 30.2 Å². The van der Waals surface area contributed by atoms with Crippen LogP contribution in [0.5, 0.6) is 5.75 Å². The normalized spacial score (nSPS) is 10.7. The molecule has 2 aromatic heterocycles. The monoisotopic (exact) mass is 288 g/mol. The molecule has 6 heteroatoms. The Labute approximate surface area is 120 Å². The number of hydrogen-bond donors (Lipinski definition) is 2. The third-order valence-corrected chi connectivity index (χ3v) is 3.32.